The molecule has 0 unspecified atom stereocenters. The van der Waals surface area contributed by atoms with Crippen LogP contribution in [0.1, 0.15) is 42.3 Å². The zero-order valence-electron chi connectivity index (χ0n) is 12.6. The maximum absolute atomic E-state index is 11.9. The lowest BCUT2D eigenvalue weighted by Gasteiger charge is -2.20. The van der Waals surface area contributed by atoms with Crippen molar-refractivity contribution in [3.8, 4) is 0 Å². The molecule has 0 bridgehead atoms. The van der Waals surface area contributed by atoms with E-state index in [2.05, 4.69) is 33.9 Å². The molecule has 0 fully saturated rings. The molecule has 1 aromatic carbocycles. The van der Waals surface area contributed by atoms with E-state index >= 15 is 0 Å². The fraction of sp³-hybridized carbons (Fsp3) is 0.294. The second-order valence-corrected chi connectivity index (χ2v) is 5.53. The summed E-state index contributed by atoms with van der Waals surface area (Å²) in [5, 5.41) is 0. The van der Waals surface area contributed by atoms with Crippen LogP contribution in [-0.2, 0) is 26.1 Å². The fourth-order valence-corrected chi connectivity index (χ4v) is 1.83. The van der Waals surface area contributed by atoms with Crippen LogP contribution in [0.15, 0.2) is 43.9 Å². The van der Waals surface area contributed by atoms with E-state index in [1.807, 2.05) is 12.1 Å². The molecule has 112 valence electrons. The maximum atomic E-state index is 11.9. The van der Waals surface area contributed by atoms with Crippen molar-refractivity contribution in [1.82, 2.24) is 0 Å². The van der Waals surface area contributed by atoms with Crippen LogP contribution in [0.2, 0.25) is 0 Å². The van der Waals surface area contributed by atoms with Crippen molar-refractivity contribution in [2.45, 2.75) is 32.6 Å². The molecule has 0 saturated heterocycles. The molecule has 0 heterocycles. The van der Waals surface area contributed by atoms with Crippen molar-refractivity contribution in [2.24, 2.45) is 0 Å². The zero-order chi connectivity index (χ0) is 16.0. The Morgan fingerprint density at radius 2 is 1.76 bits per heavy atom. The van der Waals surface area contributed by atoms with E-state index in [1.54, 1.807) is 6.07 Å². The van der Waals surface area contributed by atoms with Gasteiger partial charge in [0.1, 0.15) is 0 Å². The average molecular weight is 288 g/mol. The third-order valence-corrected chi connectivity index (χ3v) is 2.93. The van der Waals surface area contributed by atoms with Gasteiger partial charge in [0.05, 0.1) is 24.5 Å². The molecule has 21 heavy (non-hydrogen) atoms. The predicted octanol–water partition coefficient (Wildman–Crippen LogP) is 3.51. The Kier molecular flexibility index (Phi) is 5.47. The number of rotatable bonds is 5. The molecule has 4 nitrogen and oxygen atoms in total. The number of carbonyl (C=O) groups is 2. The number of hydrogen-bond acceptors (Lipinski definition) is 4. The quantitative estimate of drug-likeness (QED) is 0.614. The van der Waals surface area contributed by atoms with Crippen LogP contribution in [0.5, 0.6) is 0 Å². The van der Waals surface area contributed by atoms with E-state index in [0.29, 0.717) is 11.1 Å². The summed E-state index contributed by atoms with van der Waals surface area (Å²) in [7, 11) is 0. The number of hydrogen-bond donors (Lipinski definition) is 0. The van der Waals surface area contributed by atoms with Crippen LogP contribution < -0.4 is 0 Å². The summed E-state index contributed by atoms with van der Waals surface area (Å²) in [5.74, 6) is -1.03. The molecule has 0 amide bonds. The first-order valence-corrected chi connectivity index (χ1v) is 6.55. The van der Waals surface area contributed by atoms with Crippen LogP contribution in [0.25, 0.3) is 0 Å². The van der Waals surface area contributed by atoms with Crippen molar-refractivity contribution in [2.75, 3.05) is 0 Å². The Bertz CT molecular complexity index is 565. The van der Waals surface area contributed by atoms with Crippen LogP contribution >= 0.6 is 0 Å². The summed E-state index contributed by atoms with van der Waals surface area (Å²) in [6.07, 6.45) is 2.10. The molecule has 0 radical (unpaired) electrons. The highest BCUT2D eigenvalue weighted by Crippen LogP contribution is 2.25. The highest BCUT2D eigenvalue weighted by atomic mass is 16.5. The van der Waals surface area contributed by atoms with Crippen LogP contribution in [0.3, 0.4) is 0 Å². The van der Waals surface area contributed by atoms with Gasteiger partial charge < -0.3 is 9.47 Å². The first-order chi connectivity index (χ1) is 9.79. The lowest BCUT2D eigenvalue weighted by Crippen LogP contribution is -2.15. The summed E-state index contributed by atoms with van der Waals surface area (Å²) in [6, 6.07) is 5.33. The third-order valence-electron chi connectivity index (χ3n) is 2.93. The van der Waals surface area contributed by atoms with Gasteiger partial charge in [0, 0.05) is 0 Å². The van der Waals surface area contributed by atoms with Gasteiger partial charge in [-0.3, -0.25) is 4.79 Å². The molecular formula is C17H20O4. The summed E-state index contributed by atoms with van der Waals surface area (Å²) < 4.78 is 9.51. The first kappa shape index (κ1) is 16.7. The average Bonchev–Trinajstić information content (AvgIpc) is 2.38. The molecule has 0 aliphatic heterocycles. The van der Waals surface area contributed by atoms with E-state index in [9.17, 15) is 9.59 Å². The molecule has 4 heteroatoms. The monoisotopic (exact) mass is 288 g/mol. The minimum absolute atomic E-state index is 0.0302. The Hall–Kier alpha value is -2.36. The van der Waals surface area contributed by atoms with E-state index in [1.165, 1.54) is 0 Å². The molecule has 1 rings (SSSR count). The van der Waals surface area contributed by atoms with E-state index in [4.69, 9.17) is 9.47 Å². The Balaban J connectivity index is 3.24. The van der Waals surface area contributed by atoms with Crippen LogP contribution in [0.4, 0.5) is 0 Å². The molecular weight excluding hydrogens is 268 g/mol. The largest absolute Gasteiger partial charge is 0.435 e. The molecule has 0 atom stereocenters. The molecule has 0 spiro atoms. The van der Waals surface area contributed by atoms with Gasteiger partial charge in [-0.2, -0.15) is 0 Å². The second-order valence-electron chi connectivity index (χ2n) is 5.53. The van der Waals surface area contributed by atoms with Gasteiger partial charge in [-0.1, -0.05) is 46.1 Å². The van der Waals surface area contributed by atoms with Gasteiger partial charge in [-0.05, 0) is 22.6 Å². The third kappa shape index (κ3) is 4.60. The van der Waals surface area contributed by atoms with Gasteiger partial charge in [-0.15, -0.1) is 0 Å². The Labute approximate surface area is 125 Å². The lowest BCUT2D eigenvalue weighted by molar-refractivity contribution is -0.137. The zero-order valence-corrected chi connectivity index (χ0v) is 12.6. The number of benzene rings is 1. The molecule has 0 aliphatic carbocycles. The standard InChI is InChI=1S/C17H20O4/c1-6-20-15(18)11-12-10-13(17(3,4)5)8-9-14(12)16(19)21-7-2/h6-10H,1-2,11H2,3-5H3. The molecule has 1 aromatic rings. The highest BCUT2D eigenvalue weighted by molar-refractivity contribution is 5.93. The highest BCUT2D eigenvalue weighted by Gasteiger charge is 2.20. The fourth-order valence-electron chi connectivity index (χ4n) is 1.83. The normalized spacial score (nSPS) is 10.6. The van der Waals surface area contributed by atoms with Crippen molar-refractivity contribution < 1.29 is 19.1 Å². The van der Waals surface area contributed by atoms with E-state index in [-0.39, 0.29) is 11.8 Å². The van der Waals surface area contributed by atoms with Gasteiger partial charge in [0.25, 0.3) is 0 Å². The molecule has 0 aliphatic rings. The van der Waals surface area contributed by atoms with Gasteiger partial charge in [0.15, 0.2) is 0 Å². The first-order valence-electron chi connectivity index (χ1n) is 6.55. The summed E-state index contributed by atoms with van der Waals surface area (Å²) in [6.45, 7) is 12.8. The van der Waals surface area contributed by atoms with Crippen LogP contribution in [-0.4, -0.2) is 11.9 Å². The Morgan fingerprint density at radius 3 is 2.29 bits per heavy atom. The summed E-state index contributed by atoms with van der Waals surface area (Å²) in [4.78, 5) is 23.5. The molecule has 0 aromatic heterocycles. The van der Waals surface area contributed by atoms with Crippen molar-refractivity contribution >= 4 is 11.9 Å². The van der Waals surface area contributed by atoms with Crippen molar-refractivity contribution in [3.63, 3.8) is 0 Å². The minimum atomic E-state index is -0.549. The van der Waals surface area contributed by atoms with Crippen molar-refractivity contribution in [3.05, 3.63) is 60.6 Å². The maximum Gasteiger partial charge on any atom is 0.343 e. The van der Waals surface area contributed by atoms with Gasteiger partial charge in [-0.25, -0.2) is 4.79 Å². The Morgan fingerprint density at radius 1 is 1.14 bits per heavy atom. The smallest absolute Gasteiger partial charge is 0.343 e. The number of carbonyl (C=O) groups excluding carboxylic acids is 2. The second kappa shape index (κ2) is 6.88. The van der Waals surface area contributed by atoms with Crippen LogP contribution in [0, 0.1) is 0 Å². The van der Waals surface area contributed by atoms with E-state index in [0.717, 1.165) is 18.1 Å². The molecule has 0 N–H and O–H groups in total. The molecule has 0 saturated carbocycles. The summed E-state index contributed by atoms with van der Waals surface area (Å²) in [5.41, 5.74) is 1.79. The number of ether oxygens (including phenoxy) is 2. The minimum Gasteiger partial charge on any atom is -0.435 e. The SMILES string of the molecule is C=COC(=O)Cc1cc(C(C)(C)C)ccc1C(=O)OC=C. The van der Waals surface area contributed by atoms with E-state index < -0.39 is 11.9 Å². The van der Waals surface area contributed by atoms with Crippen molar-refractivity contribution in [1.29, 1.82) is 0 Å². The predicted molar refractivity (Wildman–Crippen MR) is 80.7 cm³/mol. The lowest BCUT2D eigenvalue weighted by atomic mass is 9.84. The van der Waals surface area contributed by atoms with Gasteiger partial charge in [0.2, 0.25) is 0 Å². The number of esters is 2. The van der Waals surface area contributed by atoms with Gasteiger partial charge >= 0.3 is 11.9 Å². The topological polar surface area (TPSA) is 52.6 Å². The summed E-state index contributed by atoms with van der Waals surface area (Å²) >= 11 is 0.